The second-order valence-electron chi connectivity index (χ2n) is 11.9. The van der Waals surface area contributed by atoms with E-state index < -0.39 is 9.84 Å². The van der Waals surface area contributed by atoms with Crippen LogP contribution in [0, 0.1) is 0 Å². The molecule has 0 radical (unpaired) electrons. The summed E-state index contributed by atoms with van der Waals surface area (Å²) in [4.78, 5) is 10.5. The third kappa shape index (κ3) is 5.65. The van der Waals surface area contributed by atoms with Gasteiger partial charge in [-0.15, -0.1) is 0 Å². The maximum Gasteiger partial charge on any atom is 0.175 e. The van der Waals surface area contributed by atoms with Crippen molar-refractivity contribution in [1.82, 2.24) is 19.8 Å². The van der Waals surface area contributed by atoms with Gasteiger partial charge in [0.25, 0.3) is 0 Å². The third-order valence-corrected chi connectivity index (χ3v) is 10.1. The van der Waals surface area contributed by atoms with Gasteiger partial charge < -0.3 is 14.8 Å². The number of benzene rings is 3. The molecule has 2 aliphatic rings. The van der Waals surface area contributed by atoms with Crippen molar-refractivity contribution in [1.29, 1.82) is 0 Å². The smallest absolute Gasteiger partial charge is 0.175 e. The summed E-state index contributed by atoms with van der Waals surface area (Å²) in [7, 11) is -1.19. The number of anilines is 1. The molecule has 0 aliphatic carbocycles. The molecule has 2 fully saturated rings. The van der Waals surface area contributed by atoms with Gasteiger partial charge in [-0.1, -0.05) is 12.1 Å². The van der Waals surface area contributed by atoms with Crippen LogP contribution in [0.2, 0.25) is 0 Å². The number of sulfone groups is 1. The minimum absolute atomic E-state index is 0.322. The molecule has 0 bridgehead atoms. The molecule has 1 N–H and O–H groups in total. The number of hydrogen-bond donors (Lipinski definition) is 1. The normalized spacial score (nSPS) is 17.5. The van der Waals surface area contributed by atoms with Crippen LogP contribution < -0.4 is 10.2 Å². The van der Waals surface area contributed by atoms with Gasteiger partial charge >= 0.3 is 0 Å². The number of piperazine rings is 1. The first-order valence-electron chi connectivity index (χ1n) is 14.8. The average molecular weight is 572 g/mol. The first-order valence-corrected chi connectivity index (χ1v) is 16.7. The number of piperidine rings is 1. The van der Waals surface area contributed by atoms with E-state index in [2.05, 4.69) is 77.0 Å². The molecule has 2 saturated heterocycles. The fourth-order valence-electron chi connectivity index (χ4n) is 6.39. The third-order valence-electron chi connectivity index (χ3n) is 8.95. The maximum absolute atomic E-state index is 12.0. The fourth-order valence-corrected chi connectivity index (χ4v) is 7.03. The zero-order chi connectivity index (χ0) is 28.7. The maximum atomic E-state index is 12.0. The van der Waals surface area contributed by atoms with Gasteiger partial charge in [-0.05, 0) is 111 Å². The highest BCUT2D eigenvalue weighted by atomic mass is 32.2. The molecular weight excluding hydrogens is 530 g/mol. The number of fused-ring (bicyclic) bond motifs is 1. The Morgan fingerprint density at radius 2 is 1.49 bits per heavy atom. The topological polar surface area (TPSA) is 70.5 Å². The van der Waals surface area contributed by atoms with E-state index in [1.807, 2.05) is 12.1 Å². The Labute approximate surface area is 244 Å². The van der Waals surface area contributed by atoms with Crippen molar-refractivity contribution in [2.24, 2.45) is 7.05 Å². The SMILES string of the molecule is CC(C)N1CCN(c2ccc(-c3cc(C4CCNCC4)c4nc(-c5ccc(S(C)(=O)=O)cc5)n(C)c4c3)cc2)CC1. The Bertz CT molecular complexity index is 1630. The lowest BCUT2D eigenvalue weighted by atomic mass is 9.87. The monoisotopic (exact) mass is 571 g/mol. The Hall–Kier alpha value is -3.20. The Morgan fingerprint density at radius 1 is 0.854 bits per heavy atom. The first-order chi connectivity index (χ1) is 19.7. The van der Waals surface area contributed by atoms with Gasteiger partial charge in [0, 0.05) is 56.8 Å². The molecule has 8 heteroatoms. The van der Waals surface area contributed by atoms with Crippen LogP contribution in [-0.2, 0) is 16.9 Å². The quantitative estimate of drug-likeness (QED) is 0.338. The van der Waals surface area contributed by atoms with Crippen LogP contribution >= 0.6 is 0 Å². The van der Waals surface area contributed by atoms with Crippen LogP contribution in [-0.4, -0.2) is 74.4 Å². The molecule has 0 amide bonds. The largest absolute Gasteiger partial charge is 0.369 e. The van der Waals surface area contributed by atoms with Crippen molar-refractivity contribution in [2.75, 3.05) is 50.4 Å². The summed E-state index contributed by atoms with van der Waals surface area (Å²) in [6, 6.07) is 21.4. The van der Waals surface area contributed by atoms with Crippen molar-refractivity contribution < 1.29 is 8.42 Å². The van der Waals surface area contributed by atoms with Crippen LogP contribution in [0.5, 0.6) is 0 Å². The van der Waals surface area contributed by atoms with E-state index in [0.29, 0.717) is 16.9 Å². The van der Waals surface area contributed by atoms with Crippen LogP contribution in [0.15, 0.2) is 65.6 Å². The number of aromatic nitrogens is 2. The highest BCUT2D eigenvalue weighted by molar-refractivity contribution is 7.90. The Morgan fingerprint density at radius 3 is 2.10 bits per heavy atom. The average Bonchev–Trinajstić information content (AvgIpc) is 3.33. The van der Waals surface area contributed by atoms with E-state index in [0.717, 1.165) is 74.5 Å². The molecule has 0 atom stereocenters. The molecule has 0 saturated carbocycles. The second kappa shape index (κ2) is 11.2. The molecule has 3 aromatic carbocycles. The number of nitrogens with one attached hydrogen (secondary N) is 1. The summed E-state index contributed by atoms with van der Waals surface area (Å²) >= 11 is 0. The van der Waals surface area contributed by atoms with Crippen LogP contribution in [0.25, 0.3) is 33.5 Å². The van der Waals surface area contributed by atoms with E-state index in [9.17, 15) is 8.42 Å². The number of rotatable bonds is 6. The lowest BCUT2D eigenvalue weighted by Gasteiger charge is -2.38. The van der Waals surface area contributed by atoms with E-state index in [-0.39, 0.29) is 0 Å². The summed E-state index contributed by atoms with van der Waals surface area (Å²) in [5, 5.41) is 3.50. The number of hydrogen-bond acceptors (Lipinski definition) is 6. The molecule has 216 valence electrons. The highest BCUT2D eigenvalue weighted by Gasteiger charge is 2.23. The van der Waals surface area contributed by atoms with Gasteiger partial charge in [0.1, 0.15) is 5.82 Å². The standard InChI is InChI=1S/C33H41N5O2S/c1-23(2)37-17-19-38(20-18-37)28-9-5-24(6-10-28)27-21-30(25-13-15-34-16-14-25)32-31(22-27)36(3)33(35-32)26-7-11-29(12-8-26)41(4,39)40/h5-12,21-23,25,34H,13-20H2,1-4H3. The van der Waals surface area contributed by atoms with Gasteiger partial charge in [0.05, 0.1) is 15.9 Å². The molecule has 6 rings (SSSR count). The minimum Gasteiger partial charge on any atom is -0.369 e. The summed E-state index contributed by atoms with van der Waals surface area (Å²) in [6.07, 6.45) is 3.42. The lowest BCUT2D eigenvalue weighted by Crippen LogP contribution is -2.48. The predicted molar refractivity (Wildman–Crippen MR) is 168 cm³/mol. The van der Waals surface area contributed by atoms with Crippen molar-refractivity contribution in [2.45, 2.75) is 43.5 Å². The number of nitrogens with zero attached hydrogens (tertiary/aromatic N) is 4. The molecule has 7 nitrogen and oxygen atoms in total. The predicted octanol–water partition coefficient (Wildman–Crippen LogP) is 5.31. The molecule has 4 aromatic rings. The molecule has 3 heterocycles. The van der Waals surface area contributed by atoms with Gasteiger partial charge in [0.15, 0.2) is 9.84 Å². The minimum atomic E-state index is -3.25. The van der Waals surface area contributed by atoms with Crippen LogP contribution in [0.3, 0.4) is 0 Å². The number of aryl methyl sites for hydroxylation is 1. The second-order valence-corrected chi connectivity index (χ2v) is 13.9. The summed E-state index contributed by atoms with van der Waals surface area (Å²) in [5.41, 5.74) is 8.09. The van der Waals surface area contributed by atoms with E-state index >= 15 is 0 Å². The van der Waals surface area contributed by atoms with Crippen molar-refractivity contribution >= 4 is 26.6 Å². The summed E-state index contributed by atoms with van der Waals surface area (Å²) in [6.45, 7) is 10.9. The zero-order valence-corrected chi connectivity index (χ0v) is 25.4. The van der Waals surface area contributed by atoms with Crippen molar-refractivity contribution in [3.8, 4) is 22.5 Å². The molecule has 1 aromatic heterocycles. The Kier molecular flexibility index (Phi) is 7.66. The zero-order valence-electron chi connectivity index (χ0n) is 24.6. The highest BCUT2D eigenvalue weighted by Crippen LogP contribution is 2.37. The van der Waals surface area contributed by atoms with E-state index in [1.165, 1.54) is 28.6 Å². The lowest BCUT2D eigenvalue weighted by molar-refractivity contribution is 0.209. The van der Waals surface area contributed by atoms with E-state index in [1.54, 1.807) is 12.1 Å². The van der Waals surface area contributed by atoms with Gasteiger partial charge in [-0.2, -0.15) is 0 Å². The van der Waals surface area contributed by atoms with Crippen LogP contribution in [0.1, 0.15) is 38.2 Å². The van der Waals surface area contributed by atoms with Crippen LogP contribution in [0.4, 0.5) is 5.69 Å². The molecular formula is C33H41N5O2S. The van der Waals surface area contributed by atoms with Gasteiger partial charge in [-0.25, -0.2) is 13.4 Å². The molecule has 2 aliphatic heterocycles. The molecule has 0 spiro atoms. The molecule has 41 heavy (non-hydrogen) atoms. The van der Waals surface area contributed by atoms with Gasteiger partial charge in [0.2, 0.25) is 0 Å². The fraction of sp³-hybridized carbons (Fsp3) is 0.424. The van der Waals surface area contributed by atoms with E-state index in [4.69, 9.17) is 4.98 Å². The number of imidazole rings is 1. The van der Waals surface area contributed by atoms with Crippen molar-refractivity contribution in [3.05, 3.63) is 66.2 Å². The Balaban J connectivity index is 1.37. The first kappa shape index (κ1) is 27.9. The van der Waals surface area contributed by atoms with Crippen molar-refractivity contribution in [3.63, 3.8) is 0 Å². The molecule has 0 unspecified atom stereocenters. The van der Waals surface area contributed by atoms with Gasteiger partial charge in [-0.3, -0.25) is 4.90 Å². The summed E-state index contributed by atoms with van der Waals surface area (Å²) < 4.78 is 26.2. The summed E-state index contributed by atoms with van der Waals surface area (Å²) in [5.74, 6) is 1.30.